The van der Waals surface area contributed by atoms with Crippen LogP contribution in [0.5, 0.6) is 11.5 Å². The van der Waals surface area contributed by atoms with Gasteiger partial charge >= 0.3 is 0 Å². The number of Topliss-reactive ketones (excluding diaryl/α,β-unsaturated/α-hetero) is 2. The van der Waals surface area contributed by atoms with E-state index in [2.05, 4.69) is 17.4 Å². The van der Waals surface area contributed by atoms with Crippen LogP contribution in [0.1, 0.15) is 26.3 Å². The standard InChI is InChI=1S/C26H23NO4S/c1-30-18-12-13-22(31-2)21(16-18)27-23-24(28)19-10-6-7-11-20(19)25(29)26(23)32-15-14-17-8-4-3-5-9-17/h3-13,16,27H,14-15H2,1-2H3. The number of carbonyl (C=O) groups is 2. The lowest BCUT2D eigenvalue weighted by Crippen LogP contribution is -2.25. The maximum Gasteiger partial charge on any atom is 0.211 e. The van der Waals surface area contributed by atoms with Crippen LogP contribution in [0.2, 0.25) is 0 Å². The van der Waals surface area contributed by atoms with Gasteiger partial charge in [0.2, 0.25) is 11.6 Å². The molecule has 0 amide bonds. The lowest BCUT2D eigenvalue weighted by atomic mass is 9.92. The molecule has 32 heavy (non-hydrogen) atoms. The molecule has 0 aliphatic heterocycles. The van der Waals surface area contributed by atoms with Crippen molar-refractivity contribution < 1.29 is 19.1 Å². The van der Waals surface area contributed by atoms with E-state index in [9.17, 15) is 9.59 Å². The first-order valence-electron chi connectivity index (χ1n) is 10.2. The summed E-state index contributed by atoms with van der Waals surface area (Å²) in [4.78, 5) is 27.2. The van der Waals surface area contributed by atoms with Gasteiger partial charge in [0.1, 0.15) is 17.2 Å². The molecule has 5 nitrogen and oxygen atoms in total. The van der Waals surface area contributed by atoms with Crippen molar-refractivity contribution in [3.05, 3.63) is 100 Å². The Hall–Kier alpha value is -3.51. The molecule has 1 aliphatic rings. The van der Waals surface area contributed by atoms with E-state index in [1.165, 1.54) is 17.3 Å². The summed E-state index contributed by atoms with van der Waals surface area (Å²) in [5.74, 6) is 1.46. The number of anilines is 1. The Morgan fingerprint density at radius 3 is 2.19 bits per heavy atom. The Labute approximate surface area is 191 Å². The van der Waals surface area contributed by atoms with Crippen LogP contribution in [-0.2, 0) is 6.42 Å². The number of carbonyl (C=O) groups excluding carboxylic acids is 2. The molecule has 3 aromatic carbocycles. The summed E-state index contributed by atoms with van der Waals surface area (Å²) in [5, 5.41) is 3.18. The minimum atomic E-state index is -0.215. The Morgan fingerprint density at radius 1 is 0.812 bits per heavy atom. The second-order valence-electron chi connectivity index (χ2n) is 7.18. The van der Waals surface area contributed by atoms with Crippen LogP contribution >= 0.6 is 11.8 Å². The monoisotopic (exact) mass is 445 g/mol. The van der Waals surface area contributed by atoms with Gasteiger partial charge in [0.05, 0.1) is 24.8 Å². The Morgan fingerprint density at radius 2 is 1.50 bits per heavy atom. The average Bonchev–Trinajstić information content (AvgIpc) is 2.84. The Bertz CT molecular complexity index is 1190. The smallest absolute Gasteiger partial charge is 0.211 e. The highest BCUT2D eigenvalue weighted by Crippen LogP contribution is 2.37. The van der Waals surface area contributed by atoms with E-state index >= 15 is 0 Å². The van der Waals surface area contributed by atoms with E-state index < -0.39 is 0 Å². The van der Waals surface area contributed by atoms with Crippen LogP contribution in [0.15, 0.2) is 83.4 Å². The number of fused-ring (bicyclic) bond motifs is 1. The fraction of sp³-hybridized carbons (Fsp3) is 0.154. The molecule has 0 saturated heterocycles. The summed E-state index contributed by atoms with van der Waals surface area (Å²) in [7, 11) is 3.13. The molecule has 0 atom stereocenters. The topological polar surface area (TPSA) is 64.6 Å². The molecule has 0 fully saturated rings. The lowest BCUT2D eigenvalue weighted by molar-refractivity contribution is 0.0982. The number of ketones is 2. The van der Waals surface area contributed by atoms with E-state index in [1.807, 2.05) is 18.2 Å². The highest BCUT2D eigenvalue weighted by atomic mass is 32.2. The van der Waals surface area contributed by atoms with Gasteiger partial charge in [-0.2, -0.15) is 0 Å². The van der Waals surface area contributed by atoms with Gasteiger partial charge in [-0.1, -0.05) is 54.6 Å². The molecule has 0 saturated carbocycles. The molecule has 6 heteroatoms. The van der Waals surface area contributed by atoms with E-state index in [0.717, 1.165) is 6.42 Å². The van der Waals surface area contributed by atoms with Gasteiger partial charge < -0.3 is 14.8 Å². The number of aryl methyl sites for hydroxylation is 1. The zero-order valence-corrected chi connectivity index (χ0v) is 18.7. The van der Waals surface area contributed by atoms with Crippen LogP contribution in [0.4, 0.5) is 5.69 Å². The molecular weight excluding hydrogens is 422 g/mol. The number of nitrogens with one attached hydrogen (secondary N) is 1. The number of ether oxygens (including phenoxy) is 2. The number of allylic oxidation sites excluding steroid dienone is 2. The predicted octanol–water partition coefficient (Wildman–Crippen LogP) is 5.38. The maximum atomic E-state index is 13.4. The molecule has 1 N–H and O–H groups in total. The van der Waals surface area contributed by atoms with Crippen LogP contribution in [0.25, 0.3) is 0 Å². The molecule has 4 rings (SSSR count). The van der Waals surface area contributed by atoms with Crippen molar-refractivity contribution in [2.24, 2.45) is 0 Å². The van der Waals surface area contributed by atoms with Gasteiger partial charge in [-0.05, 0) is 24.1 Å². The predicted molar refractivity (Wildman–Crippen MR) is 128 cm³/mol. The second kappa shape index (κ2) is 9.75. The highest BCUT2D eigenvalue weighted by molar-refractivity contribution is 8.04. The lowest BCUT2D eigenvalue weighted by Gasteiger charge is -2.22. The number of rotatable bonds is 8. The van der Waals surface area contributed by atoms with Crippen LogP contribution < -0.4 is 14.8 Å². The first-order chi connectivity index (χ1) is 15.6. The molecule has 3 aromatic rings. The highest BCUT2D eigenvalue weighted by Gasteiger charge is 2.33. The second-order valence-corrected chi connectivity index (χ2v) is 8.29. The fourth-order valence-corrected chi connectivity index (χ4v) is 4.64. The zero-order valence-electron chi connectivity index (χ0n) is 17.9. The van der Waals surface area contributed by atoms with Gasteiger partial charge in [-0.3, -0.25) is 9.59 Å². The van der Waals surface area contributed by atoms with E-state index in [0.29, 0.717) is 39.0 Å². The molecule has 1 aliphatic carbocycles. The van der Waals surface area contributed by atoms with Crippen molar-refractivity contribution in [1.29, 1.82) is 0 Å². The third kappa shape index (κ3) is 4.41. The van der Waals surface area contributed by atoms with Crippen molar-refractivity contribution in [1.82, 2.24) is 0 Å². The normalized spacial score (nSPS) is 13.1. The van der Waals surface area contributed by atoms with Crippen molar-refractivity contribution >= 4 is 29.0 Å². The summed E-state index contributed by atoms with van der Waals surface area (Å²) in [5.41, 5.74) is 2.83. The average molecular weight is 446 g/mol. The van der Waals surface area contributed by atoms with Gasteiger partial charge in [0.15, 0.2) is 0 Å². The van der Waals surface area contributed by atoms with Crippen molar-refractivity contribution in [3.8, 4) is 11.5 Å². The van der Waals surface area contributed by atoms with Crippen LogP contribution in [-0.4, -0.2) is 31.5 Å². The molecular formula is C26H23NO4S. The molecule has 162 valence electrons. The minimum Gasteiger partial charge on any atom is -0.497 e. The van der Waals surface area contributed by atoms with Crippen LogP contribution in [0, 0.1) is 0 Å². The molecule has 0 spiro atoms. The van der Waals surface area contributed by atoms with Crippen LogP contribution in [0.3, 0.4) is 0 Å². The summed E-state index contributed by atoms with van der Waals surface area (Å²) in [6, 6.07) is 22.3. The fourth-order valence-electron chi connectivity index (χ4n) is 3.57. The summed E-state index contributed by atoms with van der Waals surface area (Å²) in [6.45, 7) is 0. The first kappa shape index (κ1) is 21.7. The molecule has 0 unspecified atom stereocenters. The SMILES string of the molecule is COc1ccc(OC)c(NC2=C(SCCc3ccccc3)C(=O)c3ccccc3C2=O)c1. The van der Waals surface area contributed by atoms with E-state index in [4.69, 9.17) is 9.47 Å². The zero-order chi connectivity index (χ0) is 22.5. The summed E-state index contributed by atoms with van der Waals surface area (Å²) >= 11 is 1.39. The number of hydrogen-bond acceptors (Lipinski definition) is 6. The van der Waals surface area contributed by atoms with Crippen molar-refractivity contribution in [3.63, 3.8) is 0 Å². The van der Waals surface area contributed by atoms with E-state index in [1.54, 1.807) is 56.7 Å². The molecule has 0 aromatic heterocycles. The van der Waals surface area contributed by atoms with Gasteiger partial charge in [-0.25, -0.2) is 0 Å². The third-order valence-corrected chi connectivity index (χ3v) is 6.31. The van der Waals surface area contributed by atoms with Gasteiger partial charge in [0.25, 0.3) is 0 Å². The Kier molecular flexibility index (Phi) is 6.61. The summed E-state index contributed by atoms with van der Waals surface area (Å²) < 4.78 is 10.8. The number of thioether (sulfide) groups is 1. The maximum absolute atomic E-state index is 13.4. The summed E-state index contributed by atoms with van der Waals surface area (Å²) in [6.07, 6.45) is 0.786. The van der Waals surface area contributed by atoms with Crippen molar-refractivity contribution in [2.75, 3.05) is 25.3 Å². The first-order valence-corrected chi connectivity index (χ1v) is 11.2. The quantitative estimate of drug-likeness (QED) is 0.502. The van der Waals surface area contributed by atoms with Crippen molar-refractivity contribution in [2.45, 2.75) is 6.42 Å². The number of benzene rings is 3. The van der Waals surface area contributed by atoms with Gasteiger partial charge in [-0.15, -0.1) is 11.8 Å². The van der Waals surface area contributed by atoms with Gasteiger partial charge in [0, 0.05) is 22.9 Å². The molecule has 0 radical (unpaired) electrons. The molecule has 0 bridgehead atoms. The minimum absolute atomic E-state index is 0.150. The number of methoxy groups -OCH3 is 2. The van der Waals surface area contributed by atoms with E-state index in [-0.39, 0.29) is 17.3 Å². The third-order valence-electron chi connectivity index (χ3n) is 5.22. The Balaban J connectivity index is 1.70. The molecule has 0 heterocycles. The number of hydrogen-bond donors (Lipinski definition) is 1. The largest absolute Gasteiger partial charge is 0.497 e.